The molecule has 0 atom stereocenters. The number of fused-ring (bicyclic) bond motifs is 1. The van der Waals surface area contributed by atoms with E-state index in [-0.39, 0.29) is 16.3 Å². The molecule has 0 radical (unpaired) electrons. The molecule has 114 valence electrons. The van der Waals surface area contributed by atoms with Crippen LogP contribution in [0, 0.1) is 22.7 Å². The molecular weight excluding hydrogens is 322 g/mol. The third-order valence-electron chi connectivity index (χ3n) is 3.38. The number of rotatable bonds is 2. The highest BCUT2D eigenvalue weighted by Crippen LogP contribution is 2.27. The van der Waals surface area contributed by atoms with Gasteiger partial charge in [-0.2, -0.15) is 15.5 Å². The molecule has 2 aromatic carbocycles. The number of hydrogen-bond acceptors (Lipinski definition) is 6. The summed E-state index contributed by atoms with van der Waals surface area (Å²) in [6, 6.07) is 17.0. The Morgan fingerprint density at radius 3 is 2.46 bits per heavy atom. The van der Waals surface area contributed by atoms with E-state index in [2.05, 4.69) is 4.98 Å². The number of hydrogen-bond donors (Lipinski definition) is 1. The first kappa shape index (κ1) is 15.4. The molecule has 24 heavy (non-hydrogen) atoms. The van der Waals surface area contributed by atoms with E-state index in [1.165, 1.54) is 24.3 Å². The van der Waals surface area contributed by atoms with Crippen LogP contribution in [0.3, 0.4) is 0 Å². The van der Waals surface area contributed by atoms with Gasteiger partial charge in [-0.3, -0.25) is 4.79 Å². The summed E-state index contributed by atoms with van der Waals surface area (Å²) >= 11 is 1.16. The van der Waals surface area contributed by atoms with Crippen LogP contribution in [0.1, 0.15) is 16.1 Å². The minimum Gasteiger partial charge on any atom is -0.506 e. The van der Waals surface area contributed by atoms with E-state index in [0.717, 1.165) is 11.3 Å². The Balaban J connectivity index is 2.19. The molecular formula is C18H9N3O2S. The number of allylic oxidation sites excluding steroid dienone is 1. The van der Waals surface area contributed by atoms with E-state index in [1.807, 2.05) is 12.1 Å². The maximum Gasteiger partial charge on any atom is 0.279 e. The third-order valence-corrected chi connectivity index (χ3v) is 4.44. The Morgan fingerprint density at radius 2 is 1.79 bits per heavy atom. The van der Waals surface area contributed by atoms with Gasteiger partial charge in [-0.15, -0.1) is 11.3 Å². The van der Waals surface area contributed by atoms with Gasteiger partial charge in [-0.05, 0) is 36.4 Å². The van der Waals surface area contributed by atoms with Crippen molar-refractivity contribution in [3.63, 3.8) is 0 Å². The van der Waals surface area contributed by atoms with Crippen molar-refractivity contribution in [1.82, 2.24) is 4.98 Å². The van der Waals surface area contributed by atoms with Crippen LogP contribution < -0.4 is 5.56 Å². The van der Waals surface area contributed by atoms with Crippen LogP contribution in [0.4, 0.5) is 0 Å². The predicted octanol–water partition coefficient (Wildman–Crippen LogP) is 3.48. The number of aliphatic hydroxyl groups is 1. The topological polar surface area (TPSA) is 97.8 Å². The molecule has 0 aliphatic carbocycles. The van der Waals surface area contributed by atoms with Gasteiger partial charge in [0.1, 0.15) is 22.4 Å². The summed E-state index contributed by atoms with van der Waals surface area (Å²) in [5, 5.41) is 29.3. The summed E-state index contributed by atoms with van der Waals surface area (Å²) in [6.45, 7) is 0. The van der Waals surface area contributed by atoms with Crippen molar-refractivity contribution in [3.05, 3.63) is 75.0 Å². The molecule has 0 saturated carbocycles. The van der Waals surface area contributed by atoms with E-state index in [9.17, 15) is 15.2 Å². The molecule has 6 heteroatoms. The molecule has 0 fully saturated rings. The Kier molecular flexibility index (Phi) is 4.07. The second kappa shape index (κ2) is 6.33. The Labute approximate surface area is 141 Å². The lowest BCUT2D eigenvalue weighted by atomic mass is 10.1. The van der Waals surface area contributed by atoms with Gasteiger partial charge in [-0.1, -0.05) is 12.1 Å². The number of benzene rings is 2. The molecule has 0 amide bonds. The van der Waals surface area contributed by atoms with Gasteiger partial charge in [0.2, 0.25) is 0 Å². The first-order valence-electron chi connectivity index (χ1n) is 6.88. The van der Waals surface area contributed by atoms with Gasteiger partial charge in [-0.25, -0.2) is 0 Å². The number of nitriles is 2. The van der Waals surface area contributed by atoms with Crippen molar-refractivity contribution in [2.45, 2.75) is 0 Å². The lowest BCUT2D eigenvalue weighted by Gasteiger charge is -2.05. The van der Waals surface area contributed by atoms with Gasteiger partial charge in [0.15, 0.2) is 0 Å². The largest absolute Gasteiger partial charge is 0.506 e. The van der Waals surface area contributed by atoms with E-state index >= 15 is 0 Å². The van der Waals surface area contributed by atoms with Crippen LogP contribution in [0.5, 0.6) is 0 Å². The highest BCUT2D eigenvalue weighted by atomic mass is 32.1. The molecule has 0 aliphatic heterocycles. The molecule has 5 nitrogen and oxygen atoms in total. The smallest absolute Gasteiger partial charge is 0.279 e. The Morgan fingerprint density at radius 1 is 1.08 bits per heavy atom. The van der Waals surface area contributed by atoms with Crippen molar-refractivity contribution in [2.24, 2.45) is 0 Å². The van der Waals surface area contributed by atoms with Crippen molar-refractivity contribution in [3.8, 4) is 12.1 Å². The molecule has 0 spiro atoms. The van der Waals surface area contributed by atoms with Crippen molar-refractivity contribution >= 4 is 32.8 Å². The van der Waals surface area contributed by atoms with Gasteiger partial charge in [0, 0.05) is 10.3 Å². The van der Waals surface area contributed by atoms with Gasteiger partial charge >= 0.3 is 0 Å². The fourth-order valence-corrected chi connectivity index (χ4v) is 3.16. The monoisotopic (exact) mass is 331 g/mol. The molecule has 0 saturated heterocycles. The Bertz CT molecular complexity index is 1100. The SMILES string of the molecule is N#C/C(=C(/O)c1ccc(C#N)cc1)c1nc(=O)c2ccccc2s1. The van der Waals surface area contributed by atoms with Crippen LogP contribution in [0.2, 0.25) is 0 Å². The van der Waals surface area contributed by atoms with Crippen LogP contribution in [0.15, 0.2) is 53.3 Å². The van der Waals surface area contributed by atoms with Crippen LogP contribution >= 0.6 is 11.3 Å². The zero-order valence-corrected chi connectivity index (χ0v) is 13.0. The van der Waals surface area contributed by atoms with Crippen molar-refractivity contribution in [1.29, 1.82) is 10.5 Å². The maximum absolute atomic E-state index is 12.1. The second-order valence-electron chi connectivity index (χ2n) is 4.84. The van der Waals surface area contributed by atoms with Gasteiger partial charge in [0.25, 0.3) is 5.56 Å². The first-order valence-corrected chi connectivity index (χ1v) is 7.70. The summed E-state index contributed by atoms with van der Waals surface area (Å²) in [5.74, 6) is -0.277. The molecule has 1 aromatic heterocycles. The quantitative estimate of drug-likeness (QED) is 0.572. The molecule has 0 unspecified atom stereocenters. The maximum atomic E-state index is 12.1. The summed E-state index contributed by atoms with van der Waals surface area (Å²) in [7, 11) is 0. The van der Waals surface area contributed by atoms with Crippen molar-refractivity contribution in [2.75, 3.05) is 0 Å². The number of aliphatic hydroxyl groups excluding tert-OH is 1. The molecule has 1 heterocycles. The zero-order chi connectivity index (χ0) is 17.1. The normalized spacial score (nSPS) is 11.4. The minimum atomic E-state index is -0.445. The second-order valence-corrected chi connectivity index (χ2v) is 5.88. The van der Waals surface area contributed by atoms with E-state index < -0.39 is 5.56 Å². The lowest BCUT2D eigenvalue weighted by molar-refractivity contribution is 0.514. The van der Waals surface area contributed by atoms with E-state index in [4.69, 9.17) is 5.26 Å². The summed E-state index contributed by atoms with van der Waals surface area (Å²) in [4.78, 5) is 16.0. The van der Waals surface area contributed by atoms with Gasteiger partial charge < -0.3 is 5.11 Å². The molecule has 3 aromatic rings. The fraction of sp³-hybridized carbons (Fsp3) is 0. The third kappa shape index (κ3) is 2.74. The van der Waals surface area contributed by atoms with E-state index in [1.54, 1.807) is 24.3 Å². The molecule has 0 aliphatic rings. The highest BCUT2D eigenvalue weighted by Gasteiger charge is 2.15. The van der Waals surface area contributed by atoms with Crippen LogP contribution in [-0.2, 0) is 0 Å². The Hall–Kier alpha value is -3.48. The first-order chi connectivity index (χ1) is 11.6. The molecule has 0 bridgehead atoms. The lowest BCUT2D eigenvalue weighted by Crippen LogP contribution is -2.07. The average Bonchev–Trinajstić information content (AvgIpc) is 2.62. The fourth-order valence-electron chi connectivity index (χ4n) is 2.17. The molecule has 3 rings (SSSR count). The van der Waals surface area contributed by atoms with E-state index in [0.29, 0.717) is 21.2 Å². The summed E-state index contributed by atoms with van der Waals surface area (Å²) in [5.41, 5.74) is 0.297. The van der Waals surface area contributed by atoms with Crippen LogP contribution in [0.25, 0.3) is 21.4 Å². The summed E-state index contributed by atoms with van der Waals surface area (Å²) < 4.78 is 0.688. The number of nitrogens with zero attached hydrogens (tertiary/aromatic N) is 3. The molecule has 1 N–H and O–H groups in total. The zero-order valence-electron chi connectivity index (χ0n) is 12.2. The van der Waals surface area contributed by atoms with Gasteiger partial charge in [0.05, 0.1) is 17.0 Å². The highest BCUT2D eigenvalue weighted by molar-refractivity contribution is 7.19. The minimum absolute atomic E-state index is 0.0763. The standard InChI is InChI=1S/C18H9N3O2S/c19-9-11-5-7-12(8-6-11)16(22)14(10-20)18-21-17(23)13-3-1-2-4-15(13)24-18/h1-8,22H/b16-14-. The van der Waals surface area contributed by atoms with Crippen LogP contribution in [-0.4, -0.2) is 10.1 Å². The summed E-state index contributed by atoms with van der Waals surface area (Å²) in [6.07, 6.45) is 0. The average molecular weight is 331 g/mol. The van der Waals surface area contributed by atoms with Crippen molar-refractivity contribution < 1.29 is 5.11 Å². The number of aromatic nitrogens is 1. The predicted molar refractivity (Wildman–Crippen MR) is 92.1 cm³/mol.